The van der Waals surface area contributed by atoms with E-state index in [1.807, 2.05) is 4.31 Å². The SMILES string of the molecule is COc1c(O)ccc(SN2CCC(Oc3ccc(C(F)(F)F)cc3)CC2)c1C(=O)NO. The Balaban J connectivity index is 1.61. The van der Waals surface area contributed by atoms with Crippen molar-refractivity contribution in [2.75, 3.05) is 20.2 Å². The van der Waals surface area contributed by atoms with E-state index in [9.17, 15) is 23.1 Å². The van der Waals surface area contributed by atoms with E-state index in [0.717, 1.165) is 12.1 Å². The molecule has 1 aliphatic heterocycles. The lowest BCUT2D eigenvalue weighted by Crippen LogP contribution is -2.34. The Morgan fingerprint density at radius 1 is 1.16 bits per heavy atom. The van der Waals surface area contributed by atoms with E-state index in [1.165, 1.54) is 37.3 Å². The van der Waals surface area contributed by atoms with Gasteiger partial charge in [-0.25, -0.2) is 9.79 Å². The Morgan fingerprint density at radius 2 is 1.81 bits per heavy atom. The van der Waals surface area contributed by atoms with E-state index >= 15 is 0 Å². The molecule has 168 valence electrons. The summed E-state index contributed by atoms with van der Waals surface area (Å²) >= 11 is 1.28. The second-order valence-electron chi connectivity index (χ2n) is 6.79. The van der Waals surface area contributed by atoms with Crippen LogP contribution in [0.15, 0.2) is 41.3 Å². The fourth-order valence-corrected chi connectivity index (χ4v) is 4.28. The molecule has 0 aromatic heterocycles. The third kappa shape index (κ3) is 5.54. The first-order valence-corrected chi connectivity index (χ1v) is 10.1. The average Bonchev–Trinajstić information content (AvgIpc) is 2.75. The van der Waals surface area contributed by atoms with Crippen molar-refractivity contribution in [3.8, 4) is 17.2 Å². The standard InChI is InChI=1S/C20H21F3N2O5S/c1-29-18-15(26)6-7-16(17(18)19(27)24-28)31-25-10-8-14(9-11-25)30-13-4-2-12(3-5-13)20(21,22)23/h2-7,14,26,28H,8-11H2,1H3,(H,24,27). The van der Waals surface area contributed by atoms with Crippen LogP contribution in [0, 0.1) is 0 Å². The third-order valence-electron chi connectivity index (χ3n) is 4.74. The number of nitrogens with zero attached hydrogens (tertiary/aromatic N) is 1. The van der Waals surface area contributed by atoms with Crippen molar-refractivity contribution in [1.29, 1.82) is 0 Å². The molecule has 0 saturated carbocycles. The number of aromatic hydroxyl groups is 1. The number of amides is 1. The predicted octanol–water partition coefficient (Wildman–Crippen LogP) is 4.09. The van der Waals surface area contributed by atoms with Gasteiger partial charge in [-0.1, -0.05) is 0 Å². The van der Waals surface area contributed by atoms with Gasteiger partial charge in [-0.3, -0.25) is 10.0 Å². The number of phenols is 1. The molecule has 1 fully saturated rings. The van der Waals surface area contributed by atoms with Gasteiger partial charge in [0.05, 0.1) is 12.7 Å². The molecular formula is C20H21F3N2O5S. The highest BCUT2D eigenvalue weighted by Gasteiger charge is 2.30. The lowest BCUT2D eigenvalue weighted by molar-refractivity contribution is -0.137. The van der Waals surface area contributed by atoms with Crippen LogP contribution in [0.3, 0.4) is 0 Å². The Hall–Kier alpha value is -2.63. The number of hydrogen-bond acceptors (Lipinski definition) is 7. The van der Waals surface area contributed by atoms with E-state index in [0.29, 0.717) is 36.6 Å². The summed E-state index contributed by atoms with van der Waals surface area (Å²) in [5.41, 5.74) is 0.844. The molecule has 3 N–H and O–H groups in total. The monoisotopic (exact) mass is 458 g/mol. The maximum absolute atomic E-state index is 12.7. The van der Waals surface area contributed by atoms with Crippen molar-refractivity contribution in [3.05, 3.63) is 47.5 Å². The summed E-state index contributed by atoms with van der Waals surface area (Å²) in [5, 5.41) is 18.9. The zero-order chi connectivity index (χ0) is 22.6. The molecule has 1 heterocycles. The topological polar surface area (TPSA) is 91.3 Å². The molecule has 0 aliphatic carbocycles. The summed E-state index contributed by atoms with van der Waals surface area (Å²) in [4.78, 5) is 12.6. The molecule has 0 radical (unpaired) electrons. The second kappa shape index (κ2) is 9.67. The fourth-order valence-electron chi connectivity index (χ4n) is 3.20. The molecule has 0 bridgehead atoms. The molecule has 0 spiro atoms. The summed E-state index contributed by atoms with van der Waals surface area (Å²) < 4.78 is 50.9. The van der Waals surface area contributed by atoms with Crippen LogP contribution < -0.4 is 15.0 Å². The van der Waals surface area contributed by atoms with E-state index in [-0.39, 0.29) is 23.2 Å². The number of hydroxylamine groups is 1. The van der Waals surface area contributed by atoms with Gasteiger partial charge >= 0.3 is 6.18 Å². The highest BCUT2D eigenvalue weighted by atomic mass is 32.2. The number of benzene rings is 2. The van der Waals surface area contributed by atoms with Crippen LogP contribution >= 0.6 is 11.9 Å². The van der Waals surface area contributed by atoms with Gasteiger partial charge in [0, 0.05) is 18.0 Å². The third-order valence-corrected chi connectivity index (χ3v) is 5.90. The van der Waals surface area contributed by atoms with E-state index in [1.54, 1.807) is 11.5 Å². The Labute approximate surface area is 180 Å². The maximum atomic E-state index is 12.7. The second-order valence-corrected chi connectivity index (χ2v) is 7.93. The maximum Gasteiger partial charge on any atom is 0.416 e. The molecule has 0 atom stereocenters. The lowest BCUT2D eigenvalue weighted by Gasteiger charge is -2.31. The summed E-state index contributed by atoms with van der Waals surface area (Å²) in [7, 11) is 1.31. The Morgan fingerprint density at radius 3 is 2.35 bits per heavy atom. The molecule has 11 heteroatoms. The molecule has 2 aromatic carbocycles. The van der Waals surface area contributed by atoms with Gasteiger partial charge < -0.3 is 14.6 Å². The van der Waals surface area contributed by atoms with Crippen molar-refractivity contribution < 1.29 is 37.8 Å². The van der Waals surface area contributed by atoms with Gasteiger partial charge in [-0.15, -0.1) is 0 Å². The highest BCUT2D eigenvalue weighted by molar-refractivity contribution is 7.97. The summed E-state index contributed by atoms with van der Waals surface area (Å²) in [5.74, 6) is -0.703. The fraction of sp³-hybridized carbons (Fsp3) is 0.350. The highest BCUT2D eigenvalue weighted by Crippen LogP contribution is 2.39. The van der Waals surface area contributed by atoms with Crippen molar-refractivity contribution in [2.45, 2.75) is 30.0 Å². The van der Waals surface area contributed by atoms with E-state index in [2.05, 4.69) is 0 Å². The average molecular weight is 458 g/mol. The van der Waals surface area contributed by atoms with Gasteiger partial charge in [0.25, 0.3) is 5.91 Å². The number of phenolic OH excluding ortho intramolecular Hbond substituents is 1. The van der Waals surface area contributed by atoms with Crippen molar-refractivity contribution >= 4 is 17.9 Å². The van der Waals surface area contributed by atoms with Gasteiger partial charge in [0.1, 0.15) is 17.4 Å². The normalized spacial score (nSPS) is 15.5. The van der Waals surface area contributed by atoms with Crippen LogP contribution in [-0.2, 0) is 6.18 Å². The number of piperidine rings is 1. The Kier molecular flexibility index (Phi) is 7.19. The molecule has 0 unspecified atom stereocenters. The van der Waals surface area contributed by atoms with Crippen LogP contribution in [0.4, 0.5) is 13.2 Å². The minimum Gasteiger partial charge on any atom is -0.504 e. The van der Waals surface area contributed by atoms with E-state index in [4.69, 9.17) is 14.7 Å². The number of nitrogens with one attached hydrogen (secondary N) is 1. The molecule has 1 aliphatic rings. The first kappa shape index (κ1) is 23.0. The van der Waals surface area contributed by atoms with Gasteiger partial charge in [0.2, 0.25) is 0 Å². The summed E-state index contributed by atoms with van der Waals surface area (Å²) in [6, 6.07) is 7.56. The first-order valence-electron chi connectivity index (χ1n) is 9.34. The Bertz CT molecular complexity index is 916. The predicted molar refractivity (Wildman–Crippen MR) is 106 cm³/mol. The number of alkyl halides is 3. The lowest BCUT2D eigenvalue weighted by atomic mass is 10.1. The molecule has 1 amide bonds. The molecular weight excluding hydrogens is 437 g/mol. The van der Waals surface area contributed by atoms with E-state index < -0.39 is 17.6 Å². The zero-order valence-corrected chi connectivity index (χ0v) is 17.3. The van der Waals surface area contributed by atoms with Gasteiger partial charge in [-0.2, -0.15) is 13.2 Å². The zero-order valence-electron chi connectivity index (χ0n) is 16.5. The molecule has 1 saturated heterocycles. The van der Waals surface area contributed by atoms with Crippen LogP contribution in [-0.4, -0.2) is 46.8 Å². The molecule has 31 heavy (non-hydrogen) atoms. The number of carbonyl (C=O) groups is 1. The van der Waals surface area contributed by atoms with Gasteiger partial charge in [-0.05, 0) is 61.2 Å². The molecule has 2 aromatic rings. The number of carbonyl (C=O) groups excluding carboxylic acids is 1. The number of ether oxygens (including phenoxy) is 2. The quantitative estimate of drug-likeness (QED) is 0.341. The first-order chi connectivity index (χ1) is 14.7. The largest absolute Gasteiger partial charge is 0.504 e. The van der Waals surface area contributed by atoms with Crippen LogP contribution in [0.2, 0.25) is 0 Å². The number of rotatable bonds is 6. The van der Waals surface area contributed by atoms with Gasteiger partial charge in [0.15, 0.2) is 11.5 Å². The molecule has 3 rings (SSSR count). The van der Waals surface area contributed by atoms with Crippen molar-refractivity contribution in [2.24, 2.45) is 0 Å². The smallest absolute Gasteiger partial charge is 0.416 e. The van der Waals surface area contributed by atoms with Crippen molar-refractivity contribution in [3.63, 3.8) is 0 Å². The number of hydrogen-bond donors (Lipinski definition) is 3. The van der Waals surface area contributed by atoms with Crippen LogP contribution in [0.5, 0.6) is 17.2 Å². The summed E-state index contributed by atoms with van der Waals surface area (Å²) in [6.45, 7) is 1.19. The van der Waals surface area contributed by atoms with Crippen LogP contribution in [0.1, 0.15) is 28.8 Å². The number of halogens is 3. The number of methoxy groups -OCH3 is 1. The molecule has 7 nitrogen and oxygen atoms in total. The van der Waals surface area contributed by atoms with Crippen LogP contribution in [0.25, 0.3) is 0 Å². The minimum atomic E-state index is -4.39. The summed E-state index contributed by atoms with van der Waals surface area (Å²) in [6.07, 6.45) is -3.28. The van der Waals surface area contributed by atoms with Crippen molar-refractivity contribution in [1.82, 2.24) is 9.79 Å². The minimum absolute atomic E-state index is 0.0122.